The van der Waals surface area contributed by atoms with Crippen molar-refractivity contribution in [2.75, 3.05) is 0 Å². The smallest absolute Gasteiger partial charge is 0.0273 e. The van der Waals surface area contributed by atoms with E-state index in [0.717, 1.165) is 0 Å². The first kappa shape index (κ1) is 16.5. The Balaban J connectivity index is 1.51. The Morgan fingerprint density at radius 2 is 0.750 bits per heavy atom. The van der Waals surface area contributed by atoms with Crippen molar-refractivity contribution in [1.29, 1.82) is 0 Å². The van der Waals surface area contributed by atoms with E-state index in [4.69, 9.17) is 0 Å². The molecule has 0 atom stereocenters. The van der Waals surface area contributed by atoms with E-state index >= 15 is 0 Å². The van der Waals surface area contributed by atoms with Crippen molar-refractivity contribution in [3.8, 4) is 0 Å². The molecule has 3 aromatic rings. The molecule has 0 unspecified atom stereocenters. The van der Waals surface area contributed by atoms with Gasteiger partial charge >= 0.3 is 0 Å². The van der Waals surface area contributed by atoms with Gasteiger partial charge in [-0.1, -0.05) is 84.9 Å². The Morgan fingerprint density at radius 3 is 1.17 bits per heavy atom. The molecular weight excluding hydrogens is 288 g/mol. The van der Waals surface area contributed by atoms with Crippen LogP contribution in [0.5, 0.6) is 0 Å². The van der Waals surface area contributed by atoms with E-state index in [0.29, 0.717) is 0 Å². The van der Waals surface area contributed by atoms with Gasteiger partial charge in [-0.05, 0) is 60.8 Å². The summed E-state index contributed by atoms with van der Waals surface area (Å²) in [5, 5.41) is 0. The van der Waals surface area contributed by atoms with Crippen LogP contribution in [0.15, 0.2) is 84.9 Å². The highest BCUT2D eigenvalue weighted by molar-refractivity contribution is 5.28. The fourth-order valence-corrected chi connectivity index (χ4v) is 3.30. The van der Waals surface area contributed by atoms with E-state index < -0.39 is 0 Å². The van der Waals surface area contributed by atoms with Gasteiger partial charge in [0.05, 0.1) is 0 Å². The molecule has 3 aromatic carbocycles. The summed E-state index contributed by atoms with van der Waals surface area (Å²) in [7, 11) is 0. The van der Waals surface area contributed by atoms with Crippen LogP contribution in [0.25, 0.3) is 0 Å². The summed E-state index contributed by atoms with van der Waals surface area (Å²) in [5.74, 6) is 0. The highest BCUT2D eigenvalue weighted by Gasteiger charge is 2.03. The molecule has 24 heavy (non-hydrogen) atoms. The van der Waals surface area contributed by atoms with Crippen LogP contribution in [0.3, 0.4) is 0 Å². The van der Waals surface area contributed by atoms with Gasteiger partial charge < -0.3 is 0 Å². The SMILES string of the molecule is c1ccc(CCCc2ccccc2CCCc2ccccc2)cc1. The summed E-state index contributed by atoms with van der Waals surface area (Å²) in [4.78, 5) is 0. The lowest BCUT2D eigenvalue weighted by molar-refractivity contribution is 0.780. The molecule has 0 heteroatoms. The van der Waals surface area contributed by atoms with E-state index in [1.165, 1.54) is 60.8 Å². The van der Waals surface area contributed by atoms with Gasteiger partial charge in [-0.15, -0.1) is 0 Å². The third kappa shape index (κ3) is 5.09. The minimum Gasteiger partial charge on any atom is -0.0622 e. The van der Waals surface area contributed by atoms with Gasteiger partial charge in [-0.25, -0.2) is 0 Å². The summed E-state index contributed by atoms with van der Waals surface area (Å²) < 4.78 is 0. The predicted octanol–water partition coefficient (Wildman–Crippen LogP) is 6.04. The molecular formula is C24H26. The van der Waals surface area contributed by atoms with Gasteiger partial charge in [0.15, 0.2) is 0 Å². The first-order valence-corrected chi connectivity index (χ1v) is 9.06. The molecule has 0 amide bonds. The van der Waals surface area contributed by atoms with Crippen LogP contribution >= 0.6 is 0 Å². The molecule has 0 radical (unpaired) electrons. The molecule has 3 rings (SSSR count). The maximum atomic E-state index is 2.31. The third-order valence-electron chi connectivity index (χ3n) is 4.63. The Labute approximate surface area is 146 Å². The molecule has 0 fully saturated rings. The van der Waals surface area contributed by atoms with E-state index in [9.17, 15) is 0 Å². The molecule has 122 valence electrons. The van der Waals surface area contributed by atoms with Crippen LogP contribution in [0.1, 0.15) is 35.1 Å². The lowest BCUT2D eigenvalue weighted by atomic mass is 9.96. The molecule has 0 aliphatic rings. The summed E-state index contributed by atoms with van der Waals surface area (Å²) in [5.41, 5.74) is 5.95. The fourth-order valence-electron chi connectivity index (χ4n) is 3.30. The van der Waals surface area contributed by atoms with Crippen molar-refractivity contribution >= 4 is 0 Å². The zero-order valence-electron chi connectivity index (χ0n) is 14.3. The maximum Gasteiger partial charge on any atom is -0.0273 e. The topological polar surface area (TPSA) is 0 Å². The van der Waals surface area contributed by atoms with Gasteiger partial charge in [-0.2, -0.15) is 0 Å². The number of rotatable bonds is 8. The average molecular weight is 314 g/mol. The van der Waals surface area contributed by atoms with Crippen molar-refractivity contribution in [2.24, 2.45) is 0 Å². The molecule has 0 spiro atoms. The van der Waals surface area contributed by atoms with Crippen molar-refractivity contribution < 1.29 is 0 Å². The van der Waals surface area contributed by atoms with Crippen molar-refractivity contribution in [2.45, 2.75) is 38.5 Å². The van der Waals surface area contributed by atoms with Crippen LogP contribution in [-0.2, 0) is 25.7 Å². The standard InChI is InChI=1S/C24H26/c1-3-11-21(12-4-1)15-9-19-23-17-7-8-18-24(23)20-10-16-22-13-5-2-6-14-22/h1-8,11-14,17-18H,9-10,15-16,19-20H2. The third-order valence-corrected chi connectivity index (χ3v) is 4.63. The summed E-state index contributed by atoms with van der Waals surface area (Å²) in [6.45, 7) is 0. The molecule has 0 aliphatic carbocycles. The van der Waals surface area contributed by atoms with Crippen molar-refractivity contribution in [1.82, 2.24) is 0 Å². The van der Waals surface area contributed by atoms with Crippen LogP contribution in [0, 0.1) is 0 Å². The summed E-state index contributed by atoms with van der Waals surface area (Å²) in [6, 6.07) is 30.6. The number of hydrogen-bond donors (Lipinski definition) is 0. The fraction of sp³-hybridized carbons (Fsp3) is 0.250. The molecule has 0 N–H and O–H groups in total. The number of benzene rings is 3. The van der Waals surface area contributed by atoms with Gasteiger partial charge in [-0.3, -0.25) is 0 Å². The number of aryl methyl sites for hydroxylation is 4. The lowest BCUT2D eigenvalue weighted by Gasteiger charge is -2.10. The normalized spacial score (nSPS) is 10.7. The zero-order valence-corrected chi connectivity index (χ0v) is 14.3. The molecule has 0 aromatic heterocycles. The second-order valence-electron chi connectivity index (χ2n) is 6.45. The highest BCUT2D eigenvalue weighted by atomic mass is 14.1. The van der Waals surface area contributed by atoms with Gasteiger partial charge in [0.2, 0.25) is 0 Å². The quantitative estimate of drug-likeness (QED) is 0.475. The van der Waals surface area contributed by atoms with E-state index in [2.05, 4.69) is 84.9 Å². The predicted molar refractivity (Wildman–Crippen MR) is 103 cm³/mol. The Morgan fingerprint density at radius 1 is 0.375 bits per heavy atom. The monoisotopic (exact) mass is 314 g/mol. The maximum absolute atomic E-state index is 2.31. The molecule has 0 saturated heterocycles. The van der Waals surface area contributed by atoms with Gasteiger partial charge in [0, 0.05) is 0 Å². The first-order chi connectivity index (χ1) is 11.9. The Bertz CT molecular complexity index is 649. The van der Waals surface area contributed by atoms with E-state index in [-0.39, 0.29) is 0 Å². The second kappa shape index (κ2) is 9.08. The van der Waals surface area contributed by atoms with Crippen LogP contribution < -0.4 is 0 Å². The van der Waals surface area contributed by atoms with Gasteiger partial charge in [0.1, 0.15) is 0 Å². The van der Waals surface area contributed by atoms with Crippen LogP contribution in [-0.4, -0.2) is 0 Å². The molecule has 0 aliphatic heterocycles. The number of hydrogen-bond acceptors (Lipinski definition) is 0. The van der Waals surface area contributed by atoms with Crippen molar-refractivity contribution in [3.05, 3.63) is 107 Å². The van der Waals surface area contributed by atoms with Crippen LogP contribution in [0.4, 0.5) is 0 Å². The molecule has 0 nitrogen and oxygen atoms in total. The zero-order chi connectivity index (χ0) is 16.5. The second-order valence-corrected chi connectivity index (χ2v) is 6.45. The van der Waals surface area contributed by atoms with Crippen LogP contribution in [0.2, 0.25) is 0 Å². The average Bonchev–Trinajstić information content (AvgIpc) is 2.65. The summed E-state index contributed by atoms with van der Waals surface area (Å²) in [6.07, 6.45) is 7.13. The minimum atomic E-state index is 1.17. The molecule has 0 heterocycles. The van der Waals surface area contributed by atoms with Gasteiger partial charge in [0.25, 0.3) is 0 Å². The highest BCUT2D eigenvalue weighted by Crippen LogP contribution is 2.16. The molecule has 0 bridgehead atoms. The van der Waals surface area contributed by atoms with Crippen molar-refractivity contribution in [3.63, 3.8) is 0 Å². The first-order valence-electron chi connectivity index (χ1n) is 9.06. The largest absolute Gasteiger partial charge is 0.0622 e. The molecule has 0 saturated carbocycles. The van der Waals surface area contributed by atoms with E-state index in [1.807, 2.05) is 0 Å². The minimum absolute atomic E-state index is 1.17. The Hall–Kier alpha value is -2.34. The van der Waals surface area contributed by atoms with E-state index in [1.54, 1.807) is 0 Å². The Kier molecular flexibility index (Phi) is 6.25. The summed E-state index contributed by atoms with van der Waals surface area (Å²) >= 11 is 0. The lowest BCUT2D eigenvalue weighted by Crippen LogP contribution is -1.97.